The number of aliphatic hydroxyl groups excluding tert-OH is 1. The Bertz CT molecular complexity index is 1720. The van der Waals surface area contributed by atoms with E-state index in [1.54, 1.807) is 32.6 Å². The monoisotopic (exact) mass is 663 g/mol. The van der Waals surface area contributed by atoms with Crippen LogP contribution in [0.1, 0.15) is 39.3 Å². The van der Waals surface area contributed by atoms with Crippen LogP contribution in [0.3, 0.4) is 0 Å². The van der Waals surface area contributed by atoms with Crippen molar-refractivity contribution in [1.82, 2.24) is 33.9 Å². The minimum atomic E-state index is -0.526. The molecule has 0 bridgehead atoms. The highest BCUT2D eigenvalue weighted by molar-refractivity contribution is 5.74. The van der Waals surface area contributed by atoms with Crippen molar-refractivity contribution < 1.29 is 28.8 Å². The Morgan fingerprint density at radius 2 is 1.75 bits per heavy atom. The van der Waals surface area contributed by atoms with Gasteiger partial charge in [-0.15, -0.1) is 5.10 Å². The maximum Gasteiger partial charge on any atom is 0.410 e. The molecule has 258 valence electrons. The number of nitrogens with zero attached hydrogens (tertiary/aromatic N) is 8. The summed E-state index contributed by atoms with van der Waals surface area (Å²) in [5.41, 5.74) is 2.04. The van der Waals surface area contributed by atoms with Crippen molar-refractivity contribution in [3.8, 4) is 22.9 Å². The van der Waals surface area contributed by atoms with E-state index in [0.29, 0.717) is 67.6 Å². The fraction of sp³-hybridized carbons (Fsp3) is 0.515. The highest BCUT2D eigenvalue weighted by Crippen LogP contribution is 2.39. The lowest BCUT2D eigenvalue weighted by Gasteiger charge is -2.35. The molecular weight excluding hydrogens is 618 g/mol. The molecule has 0 radical (unpaired) electrons. The number of nitrogens with one attached hydrogen (secondary N) is 1. The second-order valence-corrected chi connectivity index (χ2v) is 13.0. The largest absolute Gasteiger partial charge is 0.493 e. The Morgan fingerprint density at radius 3 is 2.40 bits per heavy atom. The summed E-state index contributed by atoms with van der Waals surface area (Å²) in [4.78, 5) is 28.3. The zero-order valence-electron chi connectivity index (χ0n) is 28.5. The average molecular weight is 664 g/mol. The van der Waals surface area contributed by atoms with E-state index in [9.17, 15) is 9.90 Å². The molecule has 2 aliphatic heterocycles. The molecule has 3 aromatic heterocycles. The van der Waals surface area contributed by atoms with Crippen molar-refractivity contribution in [1.29, 1.82) is 0 Å². The van der Waals surface area contributed by atoms with Crippen LogP contribution in [0, 0.1) is 0 Å². The summed E-state index contributed by atoms with van der Waals surface area (Å²) in [5.74, 6) is 3.30. The molecule has 4 aromatic rings. The van der Waals surface area contributed by atoms with Crippen LogP contribution in [-0.2, 0) is 11.3 Å². The molecule has 2 N–H and O–H groups in total. The van der Waals surface area contributed by atoms with Crippen LogP contribution in [-0.4, -0.2) is 117 Å². The summed E-state index contributed by atoms with van der Waals surface area (Å²) >= 11 is 0. The number of aromatic nitrogens is 5. The lowest BCUT2D eigenvalue weighted by molar-refractivity contribution is 0.0137. The van der Waals surface area contributed by atoms with Gasteiger partial charge in [0.05, 0.1) is 51.6 Å². The predicted octanol–water partition coefficient (Wildman–Crippen LogP) is 3.70. The smallest absolute Gasteiger partial charge is 0.410 e. The Morgan fingerprint density at radius 1 is 1.02 bits per heavy atom. The maximum absolute atomic E-state index is 12.6. The van der Waals surface area contributed by atoms with Gasteiger partial charge in [0.1, 0.15) is 23.3 Å². The molecule has 15 nitrogen and oxygen atoms in total. The number of carbonyl (C=O) groups is 1. The fourth-order valence-corrected chi connectivity index (χ4v) is 6.17. The Hall–Kier alpha value is -4.76. The fourth-order valence-electron chi connectivity index (χ4n) is 6.17. The minimum absolute atomic E-state index is 0.0316. The van der Waals surface area contributed by atoms with E-state index in [-0.39, 0.29) is 18.7 Å². The third-order valence-corrected chi connectivity index (χ3v) is 8.61. The summed E-state index contributed by atoms with van der Waals surface area (Å²) in [6.45, 7) is 9.68. The lowest BCUT2D eigenvalue weighted by atomic mass is 10.2. The number of piperazine rings is 1. The second kappa shape index (κ2) is 13.8. The number of rotatable bonds is 10. The van der Waals surface area contributed by atoms with Crippen LogP contribution in [0.15, 0.2) is 36.8 Å². The molecule has 5 heterocycles. The number of carbonyl (C=O) groups excluding carboxylic acids is 1. The molecule has 1 aromatic carbocycles. The number of anilines is 3. The predicted molar refractivity (Wildman–Crippen MR) is 180 cm³/mol. The number of benzene rings is 1. The van der Waals surface area contributed by atoms with E-state index >= 15 is 0 Å². The molecule has 2 fully saturated rings. The molecule has 2 saturated heterocycles. The van der Waals surface area contributed by atoms with Gasteiger partial charge in [-0.1, -0.05) is 0 Å². The van der Waals surface area contributed by atoms with E-state index in [2.05, 4.69) is 26.2 Å². The van der Waals surface area contributed by atoms with Crippen LogP contribution >= 0.6 is 0 Å². The van der Waals surface area contributed by atoms with Gasteiger partial charge in [0.15, 0.2) is 17.3 Å². The first-order valence-electron chi connectivity index (χ1n) is 16.2. The molecule has 0 spiro atoms. The van der Waals surface area contributed by atoms with Gasteiger partial charge >= 0.3 is 6.09 Å². The third-order valence-electron chi connectivity index (χ3n) is 8.61. The number of hydrogen-bond acceptors (Lipinski definition) is 12. The summed E-state index contributed by atoms with van der Waals surface area (Å²) in [6, 6.07) is 7.71. The summed E-state index contributed by atoms with van der Waals surface area (Å²) < 4.78 is 25.9. The standard InChI is InChI=1S/C33H45N9O6/c1-33(2,3)48-32(44)39-14-12-38(13-15-39)18-22-9-10-25-30(36-31(37-42(22)25)41-11-7-8-23(41)20-43)35-28-19-40(21-34-28)24-16-26(45-4)29(47-6)27(17-24)46-5/h9-10,16-17,19,21,23,43H,7-8,11-15,18,20H2,1-6H3,(H,35,36,37). The van der Waals surface area contributed by atoms with Crippen molar-refractivity contribution in [2.24, 2.45) is 0 Å². The quantitative estimate of drug-likeness (QED) is 0.255. The van der Waals surface area contributed by atoms with E-state index in [4.69, 9.17) is 29.0 Å². The number of ether oxygens (including phenoxy) is 4. The van der Waals surface area contributed by atoms with Crippen molar-refractivity contribution >= 4 is 29.2 Å². The van der Waals surface area contributed by atoms with Gasteiger partial charge in [-0.25, -0.2) is 14.3 Å². The lowest BCUT2D eigenvalue weighted by Crippen LogP contribution is -2.49. The first-order chi connectivity index (χ1) is 23.1. The first kappa shape index (κ1) is 33.2. The molecule has 15 heteroatoms. The van der Waals surface area contributed by atoms with E-state index < -0.39 is 5.60 Å². The highest BCUT2D eigenvalue weighted by Gasteiger charge is 2.29. The van der Waals surface area contributed by atoms with Gasteiger partial charge in [0.25, 0.3) is 0 Å². The summed E-state index contributed by atoms with van der Waals surface area (Å²) in [6.07, 6.45) is 5.11. The van der Waals surface area contributed by atoms with Gasteiger partial charge in [0.2, 0.25) is 11.7 Å². The second-order valence-electron chi connectivity index (χ2n) is 13.0. The zero-order valence-corrected chi connectivity index (χ0v) is 28.5. The van der Waals surface area contributed by atoms with Gasteiger partial charge in [-0.2, -0.15) is 4.98 Å². The van der Waals surface area contributed by atoms with Gasteiger partial charge in [0, 0.05) is 51.4 Å². The number of fused-ring (bicyclic) bond motifs is 1. The van der Waals surface area contributed by atoms with Crippen LogP contribution in [0.5, 0.6) is 17.2 Å². The molecule has 1 atom stereocenters. The van der Waals surface area contributed by atoms with Gasteiger partial charge < -0.3 is 43.7 Å². The Balaban J connectivity index is 1.27. The molecule has 6 rings (SSSR count). The van der Waals surface area contributed by atoms with Crippen LogP contribution in [0.25, 0.3) is 11.2 Å². The third kappa shape index (κ3) is 6.92. The number of methoxy groups -OCH3 is 3. The highest BCUT2D eigenvalue weighted by atomic mass is 16.6. The SMILES string of the molecule is COc1cc(-n2cnc(Nc3nc(N4CCCC4CO)nn4c(CN5CCN(C(=O)OC(C)(C)C)CC5)ccc34)c2)cc(OC)c1OC. The Labute approximate surface area is 280 Å². The van der Waals surface area contributed by atoms with Crippen molar-refractivity contribution in [2.75, 3.05) is 70.9 Å². The Kier molecular flexibility index (Phi) is 9.51. The molecule has 1 amide bonds. The zero-order chi connectivity index (χ0) is 34.0. The van der Waals surface area contributed by atoms with Crippen LogP contribution in [0.2, 0.25) is 0 Å². The maximum atomic E-state index is 12.6. The molecule has 0 saturated carbocycles. The molecule has 1 unspecified atom stereocenters. The summed E-state index contributed by atoms with van der Waals surface area (Å²) in [5, 5.41) is 18.5. The number of aliphatic hydroxyl groups is 1. The first-order valence-corrected chi connectivity index (χ1v) is 16.2. The van der Waals surface area contributed by atoms with Crippen LogP contribution < -0.4 is 24.4 Å². The van der Waals surface area contributed by atoms with Gasteiger partial charge in [-0.05, 0) is 45.7 Å². The number of amides is 1. The number of hydrogen-bond donors (Lipinski definition) is 2. The summed E-state index contributed by atoms with van der Waals surface area (Å²) in [7, 11) is 4.73. The van der Waals surface area contributed by atoms with E-state index in [1.165, 1.54) is 0 Å². The van der Waals surface area contributed by atoms with Crippen LogP contribution in [0.4, 0.5) is 22.4 Å². The van der Waals surface area contributed by atoms with Crippen molar-refractivity contribution in [3.05, 3.63) is 42.5 Å². The van der Waals surface area contributed by atoms with Crippen molar-refractivity contribution in [2.45, 2.75) is 51.8 Å². The van der Waals surface area contributed by atoms with Gasteiger partial charge in [-0.3, -0.25) is 4.90 Å². The molecule has 0 aliphatic carbocycles. The molecular formula is C33H45N9O6. The van der Waals surface area contributed by atoms with E-state index in [1.807, 2.05) is 54.2 Å². The topological polar surface area (TPSA) is 144 Å². The molecule has 48 heavy (non-hydrogen) atoms. The van der Waals surface area contributed by atoms with E-state index in [0.717, 1.165) is 36.3 Å². The number of imidazole rings is 1. The normalized spacial score (nSPS) is 17.2. The van der Waals surface area contributed by atoms with Crippen molar-refractivity contribution in [3.63, 3.8) is 0 Å². The molecule has 2 aliphatic rings. The minimum Gasteiger partial charge on any atom is -0.493 e. The average Bonchev–Trinajstić information content (AvgIpc) is 3.84.